The van der Waals surface area contributed by atoms with Crippen LogP contribution in [0.3, 0.4) is 0 Å². The fourth-order valence-electron chi connectivity index (χ4n) is 2.97. The molecule has 0 saturated carbocycles. The van der Waals surface area contributed by atoms with Crippen LogP contribution in [0.5, 0.6) is 0 Å². The molecule has 0 radical (unpaired) electrons. The lowest BCUT2D eigenvalue weighted by Crippen LogP contribution is -2.42. The zero-order valence-electron chi connectivity index (χ0n) is 10.0. The van der Waals surface area contributed by atoms with Gasteiger partial charge in [0.1, 0.15) is 0 Å². The Bertz CT molecular complexity index is 397. The molecule has 3 heteroatoms. The number of rotatable bonds is 2. The van der Waals surface area contributed by atoms with Crippen LogP contribution in [0.2, 0.25) is 0 Å². The van der Waals surface area contributed by atoms with Crippen molar-refractivity contribution in [2.24, 2.45) is 0 Å². The van der Waals surface area contributed by atoms with Crippen LogP contribution in [-0.4, -0.2) is 27.8 Å². The van der Waals surface area contributed by atoms with E-state index in [2.05, 4.69) is 29.6 Å². The third-order valence-electron chi connectivity index (χ3n) is 3.91. The van der Waals surface area contributed by atoms with Crippen molar-refractivity contribution in [3.8, 4) is 0 Å². The molecule has 0 unspecified atom stereocenters. The third kappa shape index (κ3) is 2.61. The van der Waals surface area contributed by atoms with Crippen LogP contribution in [0.1, 0.15) is 24.0 Å². The molecule has 0 spiro atoms. The summed E-state index contributed by atoms with van der Waals surface area (Å²) >= 11 is 0. The Labute approximate surface area is 105 Å². The van der Waals surface area contributed by atoms with Crippen LogP contribution in [0, 0.1) is 0 Å². The molecule has 1 aliphatic carbocycles. The SMILES string of the molecule is O=S1CCC(NC2Cc3ccccc3C2)CC1. The molecule has 2 nitrogen and oxygen atoms in total. The highest BCUT2D eigenvalue weighted by Gasteiger charge is 2.25. The average molecular weight is 249 g/mol. The highest BCUT2D eigenvalue weighted by atomic mass is 32.2. The van der Waals surface area contributed by atoms with E-state index in [4.69, 9.17) is 0 Å². The molecule has 1 N–H and O–H groups in total. The Balaban J connectivity index is 1.57. The van der Waals surface area contributed by atoms with E-state index < -0.39 is 10.8 Å². The Hall–Kier alpha value is -0.670. The molecule has 1 aromatic carbocycles. The molecule has 1 fully saturated rings. The smallest absolute Gasteiger partial charge is 0.0249 e. The van der Waals surface area contributed by atoms with Gasteiger partial charge >= 0.3 is 0 Å². The number of fused-ring (bicyclic) bond motifs is 1. The lowest BCUT2D eigenvalue weighted by atomic mass is 10.1. The number of benzene rings is 1. The van der Waals surface area contributed by atoms with Crippen molar-refractivity contribution in [3.63, 3.8) is 0 Å². The largest absolute Gasteiger partial charge is 0.311 e. The second-order valence-corrected chi connectivity index (χ2v) is 6.86. The first-order valence-corrected chi connectivity index (χ1v) is 7.98. The van der Waals surface area contributed by atoms with Crippen molar-refractivity contribution in [2.45, 2.75) is 37.8 Å². The molecule has 0 atom stereocenters. The molecule has 92 valence electrons. The Morgan fingerprint density at radius 3 is 2.18 bits per heavy atom. The summed E-state index contributed by atoms with van der Waals surface area (Å²) in [7, 11) is -0.544. The molecule has 1 aliphatic heterocycles. The fourth-order valence-corrected chi connectivity index (χ4v) is 4.27. The summed E-state index contributed by atoms with van der Waals surface area (Å²) in [4.78, 5) is 0. The minimum absolute atomic E-state index is 0.544. The maximum Gasteiger partial charge on any atom is 0.0249 e. The minimum Gasteiger partial charge on any atom is -0.311 e. The Kier molecular flexibility index (Phi) is 3.30. The summed E-state index contributed by atoms with van der Waals surface area (Å²) in [5.41, 5.74) is 3.01. The number of nitrogens with one attached hydrogen (secondary N) is 1. The maximum absolute atomic E-state index is 11.3. The van der Waals surface area contributed by atoms with E-state index in [1.807, 2.05) is 0 Å². The highest BCUT2D eigenvalue weighted by molar-refractivity contribution is 7.85. The first-order valence-electron chi connectivity index (χ1n) is 6.49. The lowest BCUT2D eigenvalue weighted by molar-refractivity contribution is 0.411. The topological polar surface area (TPSA) is 29.1 Å². The van der Waals surface area contributed by atoms with E-state index in [1.54, 1.807) is 0 Å². The molecular formula is C14H19NOS. The summed E-state index contributed by atoms with van der Waals surface area (Å²) < 4.78 is 11.3. The standard InChI is InChI=1S/C14H19NOS/c16-17-7-5-13(6-8-17)15-14-9-11-3-1-2-4-12(11)10-14/h1-4,13-15H,5-10H2. The zero-order chi connectivity index (χ0) is 11.7. The van der Waals surface area contributed by atoms with Crippen molar-refractivity contribution >= 4 is 10.8 Å². The van der Waals surface area contributed by atoms with E-state index in [0.717, 1.165) is 37.2 Å². The van der Waals surface area contributed by atoms with Gasteiger partial charge in [0.05, 0.1) is 0 Å². The molecule has 1 heterocycles. The van der Waals surface area contributed by atoms with Gasteiger partial charge in [-0.1, -0.05) is 24.3 Å². The monoisotopic (exact) mass is 249 g/mol. The van der Waals surface area contributed by atoms with Gasteiger partial charge in [-0.2, -0.15) is 0 Å². The van der Waals surface area contributed by atoms with Crippen LogP contribution >= 0.6 is 0 Å². The first kappa shape index (κ1) is 11.4. The van der Waals surface area contributed by atoms with E-state index in [1.165, 1.54) is 11.1 Å². The molecular weight excluding hydrogens is 230 g/mol. The van der Waals surface area contributed by atoms with Crippen molar-refractivity contribution in [1.82, 2.24) is 5.32 Å². The van der Waals surface area contributed by atoms with Gasteiger partial charge in [-0.25, -0.2) is 0 Å². The van der Waals surface area contributed by atoms with E-state index in [-0.39, 0.29) is 0 Å². The van der Waals surface area contributed by atoms with Gasteiger partial charge in [0.15, 0.2) is 0 Å². The van der Waals surface area contributed by atoms with Gasteiger partial charge in [-0.15, -0.1) is 0 Å². The number of hydrogen-bond donors (Lipinski definition) is 1. The normalized spacial score (nSPS) is 29.2. The van der Waals surface area contributed by atoms with Crippen LogP contribution in [0.4, 0.5) is 0 Å². The van der Waals surface area contributed by atoms with Gasteiger partial charge < -0.3 is 5.32 Å². The van der Waals surface area contributed by atoms with Crippen molar-refractivity contribution in [3.05, 3.63) is 35.4 Å². The summed E-state index contributed by atoms with van der Waals surface area (Å²) in [6.45, 7) is 0. The van der Waals surface area contributed by atoms with Gasteiger partial charge in [0, 0.05) is 34.4 Å². The van der Waals surface area contributed by atoms with Crippen molar-refractivity contribution in [2.75, 3.05) is 11.5 Å². The fraction of sp³-hybridized carbons (Fsp3) is 0.571. The highest BCUT2D eigenvalue weighted by Crippen LogP contribution is 2.23. The molecule has 17 heavy (non-hydrogen) atoms. The summed E-state index contributed by atoms with van der Waals surface area (Å²) in [5.74, 6) is 1.77. The third-order valence-corrected chi connectivity index (χ3v) is 5.29. The predicted octanol–water partition coefficient (Wildman–Crippen LogP) is 1.65. The summed E-state index contributed by atoms with van der Waals surface area (Å²) in [6.07, 6.45) is 4.49. The quantitative estimate of drug-likeness (QED) is 0.863. The summed E-state index contributed by atoms with van der Waals surface area (Å²) in [5, 5.41) is 3.75. The lowest BCUT2D eigenvalue weighted by Gasteiger charge is -2.26. The van der Waals surface area contributed by atoms with Crippen LogP contribution in [0.25, 0.3) is 0 Å². The van der Waals surface area contributed by atoms with E-state index in [9.17, 15) is 4.21 Å². The van der Waals surface area contributed by atoms with Gasteiger partial charge in [0.25, 0.3) is 0 Å². The van der Waals surface area contributed by atoms with Crippen LogP contribution in [0.15, 0.2) is 24.3 Å². The molecule has 1 saturated heterocycles. The van der Waals surface area contributed by atoms with E-state index in [0.29, 0.717) is 12.1 Å². The van der Waals surface area contributed by atoms with Gasteiger partial charge in [-0.05, 0) is 36.8 Å². The van der Waals surface area contributed by atoms with Crippen LogP contribution < -0.4 is 5.32 Å². The second-order valence-electron chi connectivity index (χ2n) is 5.16. The summed E-state index contributed by atoms with van der Waals surface area (Å²) in [6, 6.07) is 9.94. The molecule has 0 aromatic heterocycles. The maximum atomic E-state index is 11.3. The molecule has 3 rings (SSSR count). The van der Waals surface area contributed by atoms with Gasteiger partial charge in [0.2, 0.25) is 0 Å². The molecule has 1 aromatic rings. The molecule has 0 amide bonds. The number of hydrogen-bond acceptors (Lipinski definition) is 2. The van der Waals surface area contributed by atoms with Crippen molar-refractivity contribution in [1.29, 1.82) is 0 Å². The van der Waals surface area contributed by atoms with Crippen LogP contribution in [-0.2, 0) is 23.6 Å². The Morgan fingerprint density at radius 2 is 1.59 bits per heavy atom. The van der Waals surface area contributed by atoms with Crippen molar-refractivity contribution < 1.29 is 4.21 Å². The predicted molar refractivity (Wildman–Crippen MR) is 71.7 cm³/mol. The zero-order valence-corrected chi connectivity index (χ0v) is 10.8. The van der Waals surface area contributed by atoms with E-state index >= 15 is 0 Å². The second kappa shape index (κ2) is 4.91. The molecule has 0 bridgehead atoms. The minimum atomic E-state index is -0.544. The molecule has 2 aliphatic rings. The average Bonchev–Trinajstić information content (AvgIpc) is 2.74. The first-order chi connectivity index (χ1) is 8.31. The van der Waals surface area contributed by atoms with Gasteiger partial charge in [-0.3, -0.25) is 4.21 Å². The Morgan fingerprint density at radius 1 is 1.00 bits per heavy atom.